The summed E-state index contributed by atoms with van der Waals surface area (Å²) in [7, 11) is 0. The third kappa shape index (κ3) is 39.1. The molecule has 0 aliphatic heterocycles. The molecule has 5 nitrogen and oxygen atoms in total. The van der Waals surface area contributed by atoms with Crippen LogP contribution in [-0.4, -0.2) is 46.1 Å². The zero-order chi connectivity index (χ0) is 39.4. The summed E-state index contributed by atoms with van der Waals surface area (Å²) in [5, 5.41) is 33.2. The third-order valence-electron chi connectivity index (χ3n) is 11.3. The highest BCUT2D eigenvalue weighted by Gasteiger charge is 2.22. The Kier molecular flexibility index (Phi) is 43.6. The lowest BCUT2D eigenvalue weighted by atomic mass is 10.0. The number of rotatable bonds is 44. The van der Waals surface area contributed by atoms with E-state index in [1.807, 2.05) is 6.08 Å². The highest BCUT2D eigenvalue weighted by atomic mass is 16.3. The van der Waals surface area contributed by atoms with Crippen molar-refractivity contribution in [1.82, 2.24) is 5.32 Å². The fourth-order valence-electron chi connectivity index (χ4n) is 7.47. The minimum atomic E-state index is -1.10. The van der Waals surface area contributed by atoms with Gasteiger partial charge in [-0.05, 0) is 44.9 Å². The summed E-state index contributed by atoms with van der Waals surface area (Å²) in [4.78, 5) is 12.5. The van der Waals surface area contributed by atoms with Crippen LogP contribution in [0.3, 0.4) is 0 Å². The first kappa shape index (κ1) is 52.8. The minimum Gasteiger partial charge on any atom is -0.394 e. The smallest absolute Gasteiger partial charge is 0.249 e. The molecule has 0 heterocycles. The number of carbonyl (C=O) groups excluding carboxylic acids is 1. The topological polar surface area (TPSA) is 89.8 Å². The molecule has 0 aliphatic rings. The molecule has 1 amide bonds. The maximum Gasteiger partial charge on any atom is 0.249 e. The summed E-state index contributed by atoms with van der Waals surface area (Å²) in [6, 6.07) is -0.796. The molecule has 0 fully saturated rings. The monoisotopic (exact) mass is 762 g/mol. The van der Waals surface area contributed by atoms with Gasteiger partial charge in [0.15, 0.2) is 0 Å². The fraction of sp³-hybridized carbons (Fsp3) is 0.898. The molecule has 4 N–H and O–H groups in total. The predicted octanol–water partition coefficient (Wildman–Crippen LogP) is 14.2. The normalized spacial score (nSPS) is 13.6. The lowest BCUT2D eigenvalue weighted by molar-refractivity contribution is -0.131. The zero-order valence-corrected chi connectivity index (χ0v) is 36.4. The molecule has 0 aromatic rings. The summed E-state index contributed by atoms with van der Waals surface area (Å²) >= 11 is 0. The number of aliphatic hydroxyl groups excluding tert-OH is 3. The van der Waals surface area contributed by atoms with Gasteiger partial charge in [-0.15, -0.1) is 0 Å². The van der Waals surface area contributed by atoms with Crippen molar-refractivity contribution in [2.75, 3.05) is 6.61 Å². The highest BCUT2D eigenvalue weighted by molar-refractivity contribution is 5.80. The first-order valence-electron chi connectivity index (χ1n) is 24.2. The average Bonchev–Trinajstić information content (AvgIpc) is 3.18. The Hall–Kier alpha value is -1.17. The zero-order valence-electron chi connectivity index (χ0n) is 36.4. The van der Waals surface area contributed by atoms with Crippen LogP contribution >= 0.6 is 0 Å². The Morgan fingerprint density at radius 1 is 0.444 bits per heavy atom. The molecule has 0 saturated carbocycles. The second kappa shape index (κ2) is 44.5. The number of allylic oxidation sites excluding steroid dienone is 3. The molecule has 0 aromatic carbocycles. The molecule has 0 aromatic heterocycles. The van der Waals surface area contributed by atoms with Crippen molar-refractivity contribution in [2.45, 2.75) is 276 Å². The molecule has 0 rings (SSSR count). The van der Waals surface area contributed by atoms with E-state index < -0.39 is 24.2 Å². The number of nitrogens with one attached hydrogen (secondary N) is 1. The van der Waals surface area contributed by atoms with Crippen LogP contribution in [0.4, 0.5) is 0 Å². The maximum absolute atomic E-state index is 12.5. The number of hydrogen-bond donors (Lipinski definition) is 4. The van der Waals surface area contributed by atoms with Crippen LogP contribution in [-0.2, 0) is 4.79 Å². The highest BCUT2D eigenvalue weighted by Crippen LogP contribution is 2.16. The Bertz CT molecular complexity index is 799. The molecular formula is C49H95NO4. The van der Waals surface area contributed by atoms with Gasteiger partial charge >= 0.3 is 0 Å². The van der Waals surface area contributed by atoms with E-state index in [-0.39, 0.29) is 6.61 Å². The number of hydrogen-bond acceptors (Lipinski definition) is 4. The lowest BCUT2D eigenvalue weighted by Gasteiger charge is -2.21. The van der Waals surface area contributed by atoms with Crippen LogP contribution in [0, 0.1) is 0 Å². The lowest BCUT2D eigenvalue weighted by Crippen LogP contribution is -2.48. The van der Waals surface area contributed by atoms with E-state index in [1.54, 1.807) is 6.08 Å². The molecule has 320 valence electrons. The van der Waals surface area contributed by atoms with E-state index in [1.165, 1.54) is 205 Å². The van der Waals surface area contributed by atoms with Crippen LogP contribution in [0.15, 0.2) is 24.3 Å². The van der Waals surface area contributed by atoms with Crippen LogP contribution in [0.1, 0.15) is 258 Å². The van der Waals surface area contributed by atoms with Gasteiger partial charge in [0.25, 0.3) is 0 Å². The number of unbranched alkanes of at least 4 members (excludes halogenated alkanes) is 34. The van der Waals surface area contributed by atoms with Crippen LogP contribution in [0.2, 0.25) is 0 Å². The van der Waals surface area contributed by atoms with Gasteiger partial charge in [-0.1, -0.05) is 237 Å². The van der Waals surface area contributed by atoms with Gasteiger partial charge in [-0.3, -0.25) is 4.79 Å². The Balaban J connectivity index is 3.59. The SMILES string of the molecule is CCCCCCCCCCCCCC/C=C\CCCCCCCCCCCCC(O)C(=O)NC(CO)C(O)/C=C/CCCCCCCCCCCCCC. The Morgan fingerprint density at radius 2 is 0.741 bits per heavy atom. The molecule has 0 saturated heterocycles. The van der Waals surface area contributed by atoms with Crippen molar-refractivity contribution in [1.29, 1.82) is 0 Å². The van der Waals surface area contributed by atoms with E-state index in [0.29, 0.717) is 6.42 Å². The van der Waals surface area contributed by atoms with Crippen molar-refractivity contribution in [3.05, 3.63) is 24.3 Å². The molecule has 0 radical (unpaired) electrons. The molecule has 3 atom stereocenters. The molecule has 0 aliphatic carbocycles. The summed E-state index contributed by atoms with van der Waals surface area (Å²) in [6.45, 7) is 4.19. The summed E-state index contributed by atoms with van der Waals surface area (Å²) in [5.74, 6) is -0.502. The Labute approximate surface area is 337 Å². The quantitative estimate of drug-likeness (QED) is 0.0368. The van der Waals surface area contributed by atoms with E-state index in [9.17, 15) is 20.1 Å². The van der Waals surface area contributed by atoms with Crippen LogP contribution in [0.5, 0.6) is 0 Å². The van der Waals surface area contributed by atoms with Gasteiger partial charge in [0, 0.05) is 0 Å². The van der Waals surface area contributed by atoms with E-state index in [2.05, 4.69) is 31.3 Å². The number of carbonyl (C=O) groups is 1. The summed E-state index contributed by atoms with van der Waals surface area (Å²) in [6.07, 6.45) is 55.1. The summed E-state index contributed by atoms with van der Waals surface area (Å²) < 4.78 is 0. The first-order valence-corrected chi connectivity index (χ1v) is 24.2. The van der Waals surface area contributed by atoms with Crippen molar-refractivity contribution < 1.29 is 20.1 Å². The largest absolute Gasteiger partial charge is 0.394 e. The number of amides is 1. The van der Waals surface area contributed by atoms with Crippen molar-refractivity contribution >= 4 is 5.91 Å². The molecule has 0 bridgehead atoms. The van der Waals surface area contributed by atoms with Gasteiger partial charge in [0.05, 0.1) is 18.8 Å². The molecular weight excluding hydrogens is 667 g/mol. The van der Waals surface area contributed by atoms with Gasteiger partial charge < -0.3 is 20.6 Å². The average molecular weight is 762 g/mol. The first-order chi connectivity index (χ1) is 26.6. The maximum atomic E-state index is 12.5. The van der Waals surface area contributed by atoms with Gasteiger partial charge in [0.1, 0.15) is 6.10 Å². The third-order valence-corrected chi connectivity index (χ3v) is 11.3. The predicted molar refractivity (Wildman–Crippen MR) is 236 cm³/mol. The standard InChI is InChI=1S/C49H95NO4/c1-3-5-7-9-11-13-15-17-19-20-21-22-23-24-25-26-27-28-29-30-32-34-36-38-40-42-44-48(53)49(54)50-46(45-51)47(52)43-41-39-37-35-33-31-18-16-14-12-10-8-6-4-2/h24-25,41,43,46-48,51-53H,3-23,26-40,42,44-45H2,1-2H3,(H,50,54)/b25-24-,43-41+. The van der Waals surface area contributed by atoms with Gasteiger partial charge in [0.2, 0.25) is 5.91 Å². The van der Waals surface area contributed by atoms with Crippen molar-refractivity contribution in [3.8, 4) is 0 Å². The fourth-order valence-corrected chi connectivity index (χ4v) is 7.47. The molecule has 0 spiro atoms. The second-order valence-electron chi connectivity index (χ2n) is 16.7. The summed E-state index contributed by atoms with van der Waals surface area (Å²) in [5.41, 5.74) is 0. The van der Waals surface area contributed by atoms with Gasteiger partial charge in [-0.25, -0.2) is 0 Å². The number of aliphatic hydroxyl groups is 3. The Morgan fingerprint density at radius 3 is 1.07 bits per heavy atom. The van der Waals surface area contributed by atoms with Crippen LogP contribution < -0.4 is 5.32 Å². The van der Waals surface area contributed by atoms with Crippen molar-refractivity contribution in [3.63, 3.8) is 0 Å². The van der Waals surface area contributed by atoms with E-state index in [4.69, 9.17) is 0 Å². The van der Waals surface area contributed by atoms with Crippen molar-refractivity contribution in [2.24, 2.45) is 0 Å². The molecule has 5 heteroatoms. The van der Waals surface area contributed by atoms with E-state index >= 15 is 0 Å². The molecule has 3 unspecified atom stereocenters. The second-order valence-corrected chi connectivity index (χ2v) is 16.7. The van der Waals surface area contributed by atoms with Crippen LogP contribution in [0.25, 0.3) is 0 Å². The minimum absolute atomic E-state index is 0.362. The molecule has 54 heavy (non-hydrogen) atoms. The van der Waals surface area contributed by atoms with E-state index in [0.717, 1.165) is 32.1 Å². The van der Waals surface area contributed by atoms with Gasteiger partial charge in [-0.2, -0.15) is 0 Å².